The van der Waals surface area contributed by atoms with Crippen molar-refractivity contribution in [3.8, 4) is 0 Å². The van der Waals surface area contributed by atoms with Gasteiger partial charge in [-0.3, -0.25) is 4.79 Å². The zero-order valence-electron chi connectivity index (χ0n) is 7.64. The predicted octanol–water partition coefficient (Wildman–Crippen LogP) is 1.12. The lowest BCUT2D eigenvalue weighted by atomic mass is 10.3. The van der Waals surface area contributed by atoms with Gasteiger partial charge in [0.05, 0.1) is 0 Å². The Morgan fingerprint density at radius 2 is 2.29 bits per heavy atom. The number of carboxylic acid groups (broad SMARTS) is 1. The lowest BCUT2D eigenvalue weighted by Crippen LogP contribution is -2.24. The first-order valence-corrected chi connectivity index (χ1v) is 4.21. The summed E-state index contributed by atoms with van der Waals surface area (Å²) >= 11 is 0. The van der Waals surface area contributed by atoms with Gasteiger partial charge in [0.25, 0.3) is 5.56 Å². The highest BCUT2D eigenvalue weighted by Crippen LogP contribution is 1.98. The number of pyridine rings is 1. The molecule has 0 fully saturated rings. The molecule has 1 heterocycles. The van der Waals surface area contributed by atoms with Gasteiger partial charge in [0.1, 0.15) is 5.69 Å². The topological polar surface area (TPSA) is 59.3 Å². The molecule has 0 atom stereocenters. The lowest BCUT2D eigenvalue weighted by molar-refractivity contribution is 0.0683. The number of carboxylic acids is 1. The molecule has 1 aromatic heterocycles. The molecule has 14 heavy (non-hydrogen) atoms. The van der Waals surface area contributed by atoms with Crippen LogP contribution in [0, 0.1) is 0 Å². The third kappa shape index (κ3) is 2.10. The first kappa shape index (κ1) is 10.2. The maximum Gasteiger partial charge on any atom is 0.352 e. The van der Waals surface area contributed by atoms with E-state index in [4.69, 9.17) is 5.11 Å². The van der Waals surface area contributed by atoms with Crippen LogP contribution in [0.1, 0.15) is 16.9 Å². The van der Waals surface area contributed by atoms with Gasteiger partial charge in [-0.2, -0.15) is 0 Å². The fraction of sp³-hybridized carbons (Fsp3) is 0.200. The number of carbonyl (C=O) groups is 1. The summed E-state index contributed by atoms with van der Waals surface area (Å²) in [7, 11) is 0. The highest BCUT2D eigenvalue weighted by atomic mass is 16.4. The molecular weight excluding hydrogens is 182 g/mol. The van der Waals surface area contributed by atoms with Crippen molar-refractivity contribution >= 4 is 5.97 Å². The number of allylic oxidation sites excluding steroid dienone is 1. The Labute approximate surface area is 81.1 Å². The Bertz CT molecular complexity index is 406. The van der Waals surface area contributed by atoms with E-state index in [1.54, 1.807) is 6.08 Å². The SMILES string of the molecule is C=CCCn1c(C(=O)O)cccc1=O. The molecule has 0 aliphatic rings. The Hall–Kier alpha value is -1.84. The minimum atomic E-state index is -1.09. The fourth-order valence-electron chi connectivity index (χ4n) is 1.16. The maximum atomic E-state index is 11.3. The first-order chi connectivity index (χ1) is 6.66. The van der Waals surface area contributed by atoms with Gasteiger partial charge in [-0.15, -0.1) is 6.58 Å². The molecular formula is C10H11NO3. The minimum Gasteiger partial charge on any atom is -0.477 e. The van der Waals surface area contributed by atoms with Gasteiger partial charge in [-0.25, -0.2) is 4.79 Å². The molecule has 0 aromatic carbocycles. The standard InChI is InChI=1S/C10H11NO3/c1-2-3-7-11-8(10(13)14)5-4-6-9(11)12/h2,4-6H,1,3,7H2,(H,13,14). The van der Waals surface area contributed by atoms with Crippen LogP contribution >= 0.6 is 0 Å². The first-order valence-electron chi connectivity index (χ1n) is 4.21. The van der Waals surface area contributed by atoms with Gasteiger partial charge in [0, 0.05) is 12.6 Å². The minimum absolute atomic E-state index is 0.0133. The molecule has 0 saturated heterocycles. The average molecular weight is 193 g/mol. The van der Waals surface area contributed by atoms with E-state index in [0.29, 0.717) is 13.0 Å². The number of hydrogen-bond donors (Lipinski definition) is 1. The van der Waals surface area contributed by atoms with Crippen molar-refractivity contribution in [2.24, 2.45) is 0 Å². The van der Waals surface area contributed by atoms with Crippen LogP contribution in [0.4, 0.5) is 0 Å². The average Bonchev–Trinajstić information content (AvgIpc) is 2.15. The van der Waals surface area contributed by atoms with Gasteiger partial charge in [0.2, 0.25) is 0 Å². The second-order valence-corrected chi connectivity index (χ2v) is 2.78. The van der Waals surface area contributed by atoms with Gasteiger partial charge in [-0.05, 0) is 12.5 Å². The van der Waals surface area contributed by atoms with Crippen LogP contribution in [-0.4, -0.2) is 15.6 Å². The highest BCUT2D eigenvalue weighted by Gasteiger charge is 2.08. The number of aromatic carboxylic acids is 1. The third-order valence-corrected chi connectivity index (χ3v) is 1.83. The van der Waals surface area contributed by atoms with E-state index in [-0.39, 0.29) is 11.3 Å². The predicted molar refractivity (Wildman–Crippen MR) is 52.5 cm³/mol. The Balaban J connectivity index is 3.15. The molecule has 0 spiro atoms. The largest absolute Gasteiger partial charge is 0.477 e. The number of rotatable bonds is 4. The summed E-state index contributed by atoms with van der Waals surface area (Å²) in [6, 6.07) is 4.19. The number of hydrogen-bond acceptors (Lipinski definition) is 2. The van der Waals surface area contributed by atoms with Crippen molar-refractivity contribution in [1.29, 1.82) is 0 Å². The van der Waals surface area contributed by atoms with Crippen LogP contribution in [0.5, 0.6) is 0 Å². The Morgan fingerprint density at radius 1 is 1.57 bits per heavy atom. The molecule has 4 heteroatoms. The van der Waals surface area contributed by atoms with Crippen molar-refractivity contribution in [1.82, 2.24) is 4.57 Å². The van der Waals surface area contributed by atoms with Gasteiger partial charge < -0.3 is 9.67 Å². The summed E-state index contributed by atoms with van der Waals surface area (Å²) in [5.74, 6) is -1.09. The van der Waals surface area contributed by atoms with E-state index in [1.165, 1.54) is 22.8 Å². The summed E-state index contributed by atoms with van der Waals surface area (Å²) in [4.78, 5) is 22.1. The zero-order valence-corrected chi connectivity index (χ0v) is 7.64. The van der Waals surface area contributed by atoms with E-state index < -0.39 is 5.97 Å². The second-order valence-electron chi connectivity index (χ2n) is 2.78. The molecule has 4 nitrogen and oxygen atoms in total. The third-order valence-electron chi connectivity index (χ3n) is 1.83. The van der Waals surface area contributed by atoms with Crippen LogP contribution < -0.4 is 5.56 Å². The van der Waals surface area contributed by atoms with Gasteiger partial charge in [-0.1, -0.05) is 12.1 Å². The molecule has 0 saturated carbocycles. The summed E-state index contributed by atoms with van der Waals surface area (Å²) in [6.07, 6.45) is 2.22. The fourth-order valence-corrected chi connectivity index (χ4v) is 1.16. The molecule has 1 aromatic rings. The van der Waals surface area contributed by atoms with Crippen LogP contribution in [0.25, 0.3) is 0 Å². The maximum absolute atomic E-state index is 11.3. The van der Waals surface area contributed by atoms with Crippen molar-refractivity contribution in [2.75, 3.05) is 0 Å². The van der Waals surface area contributed by atoms with E-state index in [0.717, 1.165) is 0 Å². The van der Waals surface area contributed by atoms with Gasteiger partial charge >= 0.3 is 5.97 Å². The Kier molecular flexibility index (Phi) is 3.23. The van der Waals surface area contributed by atoms with Crippen LogP contribution in [0.3, 0.4) is 0 Å². The molecule has 0 aliphatic heterocycles. The smallest absolute Gasteiger partial charge is 0.352 e. The molecule has 1 rings (SSSR count). The molecule has 0 unspecified atom stereocenters. The van der Waals surface area contributed by atoms with Crippen molar-refractivity contribution in [3.63, 3.8) is 0 Å². The molecule has 0 aliphatic carbocycles. The summed E-state index contributed by atoms with van der Waals surface area (Å²) in [5, 5.41) is 8.80. The molecule has 74 valence electrons. The zero-order chi connectivity index (χ0) is 10.6. The Morgan fingerprint density at radius 3 is 2.86 bits per heavy atom. The van der Waals surface area contributed by atoms with Crippen molar-refractivity contribution < 1.29 is 9.90 Å². The van der Waals surface area contributed by atoms with Gasteiger partial charge in [0.15, 0.2) is 0 Å². The summed E-state index contributed by atoms with van der Waals surface area (Å²) < 4.78 is 1.23. The molecule has 1 N–H and O–H groups in total. The molecule has 0 radical (unpaired) electrons. The van der Waals surface area contributed by atoms with Crippen molar-refractivity contribution in [2.45, 2.75) is 13.0 Å². The van der Waals surface area contributed by atoms with Crippen LogP contribution in [-0.2, 0) is 6.54 Å². The number of nitrogens with zero attached hydrogens (tertiary/aromatic N) is 1. The molecule has 0 bridgehead atoms. The molecule has 0 amide bonds. The highest BCUT2D eigenvalue weighted by molar-refractivity contribution is 5.85. The second kappa shape index (κ2) is 4.41. The van der Waals surface area contributed by atoms with Crippen LogP contribution in [0.15, 0.2) is 35.6 Å². The van der Waals surface area contributed by atoms with E-state index in [1.807, 2.05) is 0 Å². The van der Waals surface area contributed by atoms with E-state index in [2.05, 4.69) is 6.58 Å². The van der Waals surface area contributed by atoms with Crippen molar-refractivity contribution in [3.05, 3.63) is 46.9 Å². The normalized spacial score (nSPS) is 9.71. The lowest BCUT2D eigenvalue weighted by Gasteiger charge is -2.06. The quantitative estimate of drug-likeness (QED) is 0.729. The van der Waals surface area contributed by atoms with E-state index in [9.17, 15) is 9.59 Å². The summed E-state index contributed by atoms with van der Waals surface area (Å²) in [6.45, 7) is 3.87. The number of aromatic nitrogens is 1. The monoisotopic (exact) mass is 193 g/mol. The summed E-state index contributed by atoms with van der Waals surface area (Å²) in [5.41, 5.74) is -0.286. The van der Waals surface area contributed by atoms with Crippen LogP contribution in [0.2, 0.25) is 0 Å². The van der Waals surface area contributed by atoms with E-state index >= 15 is 0 Å².